The molecule has 0 saturated carbocycles. The Hall–Kier alpha value is -1.83. The van der Waals surface area contributed by atoms with Gasteiger partial charge in [0.1, 0.15) is 23.1 Å². The van der Waals surface area contributed by atoms with Crippen molar-refractivity contribution in [2.24, 2.45) is 4.99 Å². The topological polar surface area (TPSA) is 109 Å². The second-order valence-corrected chi connectivity index (χ2v) is 7.45. The molecule has 1 atom stereocenters. The van der Waals surface area contributed by atoms with Crippen LogP contribution in [-0.4, -0.2) is 46.9 Å². The van der Waals surface area contributed by atoms with Gasteiger partial charge in [-0.1, -0.05) is 0 Å². The molecule has 8 heteroatoms. The van der Waals surface area contributed by atoms with Crippen LogP contribution >= 0.6 is 0 Å². The highest BCUT2D eigenvalue weighted by Crippen LogP contribution is 2.12. The van der Waals surface area contributed by atoms with Crippen LogP contribution in [0.4, 0.5) is 4.79 Å². The van der Waals surface area contributed by atoms with Crippen molar-refractivity contribution in [2.75, 3.05) is 6.54 Å². The predicted molar refractivity (Wildman–Crippen MR) is 91.1 cm³/mol. The molecular formula is C16H31N3O5. The summed E-state index contributed by atoms with van der Waals surface area (Å²) in [5.74, 6) is -0.140. The molecule has 0 saturated heterocycles. The van der Waals surface area contributed by atoms with Crippen LogP contribution in [0.1, 0.15) is 61.3 Å². The van der Waals surface area contributed by atoms with E-state index in [1.807, 2.05) is 5.48 Å². The van der Waals surface area contributed by atoms with E-state index in [1.165, 1.54) is 0 Å². The van der Waals surface area contributed by atoms with Gasteiger partial charge >= 0.3 is 12.1 Å². The Morgan fingerprint density at radius 3 is 2.08 bits per heavy atom. The Morgan fingerprint density at radius 2 is 1.62 bits per heavy atom. The monoisotopic (exact) mass is 345 g/mol. The highest BCUT2D eigenvalue weighted by Gasteiger charge is 2.28. The first kappa shape index (κ1) is 22.2. The molecule has 0 aromatic rings. The third-order valence-corrected chi connectivity index (χ3v) is 2.54. The van der Waals surface area contributed by atoms with E-state index in [-0.39, 0.29) is 0 Å². The van der Waals surface area contributed by atoms with E-state index < -0.39 is 29.3 Å². The normalized spacial score (nSPS) is 13.9. The van der Waals surface area contributed by atoms with Crippen LogP contribution in [-0.2, 0) is 14.3 Å². The lowest BCUT2D eigenvalue weighted by Crippen LogP contribution is -2.46. The summed E-state index contributed by atoms with van der Waals surface area (Å²) in [7, 11) is 0. The molecule has 0 aromatic carbocycles. The number of alkyl carbamates (subject to hydrolysis) is 1. The molecule has 0 rings (SSSR count). The highest BCUT2D eigenvalue weighted by molar-refractivity contribution is 5.81. The van der Waals surface area contributed by atoms with Gasteiger partial charge in [0.25, 0.3) is 0 Å². The van der Waals surface area contributed by atoms with Gasteiger partial charge in [-0.15, -0.1) is 0 Å². The van der Waals surface area contributed by atoms with Gasteiger partial charge in [-0.25, -0.2) is 9.59 Å². The Kier molecular flexibility index (Phi) is 8.74. The molecule has 0 aliphatic carbocycles. The van der Waals surface area contributed by atoms with Gasteiger partial charge in [-0.2, -0.15) is 0 Å². The molecule has 0 heterocycles. The Bertz CT molecular complexity index is 450. The number of nitrogens with zero attached hydrogens (tertiary/aromatic N) is 1. The lowest BCUT2D eigenvalue weighted by Gasteiger charge is -2.26. The number of esters is 1. The van der Waals surface area contributed by atoms with E-state index in [9.17, 15) is 9.59 Å². The van der Waals surface area contributed by atoms with Crippen molar-refractivity contribution in [2.45, 2.75) is 78.6 Å². The number of carbonyl (C=O) groups excluding carboxylic acids is 2. The number of hydrogen-bond acceptors (Lipinski definition) is 6. The second-order valence-electron chi connectivity index (χ2n) is 7.45. The number of rotatable bonds is 6. The molecule has 0 radical (unpaired) electrons. The number of ether oxygens (including phenoxy) is 2. The maximum absolute atomic E-state index is 12.3. The smallest absolute Gasteiger partial charge is 0.408 e. The minimum absolute atomic E-state index is 0.344. The molecule has 0 unspecified atom stereocenters. The molecule has 0 spiro atoms. The van der Waals surface area contributed by atoms with Crippen LogP contribution in [0.15, 0.2) is 4.99 Å². The van der Waals surface area contributed by atoms with Crippen molar-refractivity contribution in [3.63, 3.8) is 0 Å². The fourth-order valence-corrected chi connectivity index (χ4v) is 1.65. The third-order valence-electron chi connectivity index (χ3n) is 2.54. The van der Waals surface area contributed by atoms with Gasteiger partial charge in [0.2, 0.25) is 0 Å². The summed E-state index contributed by atoms with van der Waals surface area (Å²) < 4.78 is 10.5. The molecule has 0 aromatic heterocycles. The number of carbonyl (C=O) groups is 2. The van der Waals surface area contributed by atoms with Crippen molar-refractivity contribution >= 4 is 17.9 Å². The SMILES string of the molecule is CC(=NCCC[C@H](NC(=O)OC(C)(C)C)C(=O)OC(C)(C)C)NO. The van der Waals surface area contributed by atoms with E-state index >= 15 is 0 Å². The van der Waals surface area contributed by atoms with E-state index in [1.54, 1.807) is 48.5 Å². The molecule has 8 nitrogen and oxygen atoms in total. The minimum atomic E-state index is -0.823. The quantitative estimate of drug-likeness (QED) is 0.224. The lowest BCUT2D eigenvalue weighted by molar-refractivity contribution is -0.157. The number of hydrogen-bond donors (Lipinski definition) is 3. The van der Waals surface area contributed by atoms with Crippen LogP contribution in [0.5, 0.6) is 0 Å². The van der Waals surface area contributed by atoms with Crippen LogP contribution in [0.2, 0.25) is 0 Å². The first-order valence-corrected chi connectivity index (χ1v) is 7.97. The van der Waals surface area contributed by atoms with Crippen LogP contribution < -0.4 is 10.8 Å². The van der Waals surface area contributed by atoms with E-state index in [0.717, 1.165) is 0 Å². The predicted octanol–water partition coefficient (Wildman–Crippen LogP) is 2.40. The van der Waals surface area contributed by atoms with E-state index in [0.29, 0.717) is 25.2 Å². The average molecular weight is 345 g/mol. The third kappa shape index (κ3) is 11.7. The molecular weight excluding hydrogens is 314 g/mol. The van der Waals surface area contributed by atoms with Gasteiger partial charge < -0.3 is 14.8 Å². The zero-order valence-electron chi connectivity index (χ0n) is 15.7. The number of amides is 1. The van der Waals surface area contributed by atoms with Crippen molar-refractivity contribution in [1.29, 1.82) is 0 Å². The molecule has 0 fully saturated rings. The van der Waals surface area contributed by atoms with Gasteiger partial charge in [-0.05, 0) is 61.3 Å². The fourth-order valence-electron chi connectivity index (χ4n) is 1.65. The van der Waals surface area contributed by atoms with Gasteiger partial charge in [0.15, 0.2) is 0 Å². The maximum Gasteiger partial charge on any atom is 0.408 e. The van der Waals surface area contributed by atoms with Crippen LogP contribution in [0.3, 0.4) is 0 Å². The highest BCUT2D eigenvalue weighted by atomic mass is 16.6. The molecule has 0 aliphatic rings. The summed E-state index contributed by atoms with van der Waals surface area (Å²) in [6.07, 6.45) is 0.199. The Morgan fingerprint density at radius 1 is 1.08 bits per heavy atom. The molecule has 3 N–H and O–H groups in total. The average Bonchev–Trinajstić information content (AvgIpc) is 2.37. The van der Waals surface area contributed by atoms with E-state index in [4.69, 9.17) is 14.7 Å². The number of aliphatic imine (C=N–C) groups is 1. The van der Waals surface area contributed by atoms with Gasteiger partial charge in [0.05, 0.1) is 0 Å². The van der Waals surface area contributed by atoms with Gasteiger partial charge in [-0.3, -0.25) is 15.7 Å². The summed E-state index contributed by atoms with van der Waals surface area (Å²) in [6, 6.07) is -0.823. The van der Waals surface area contributed by atoms with Crippen molar-refractivity contribution < 1.29 is 24.3 Å². The summed E-state index contributed by atoms with van der Waals surface area (Å²) in [4.78, 5) is 28.2. The molecule has 1 amide bonds. The van der Waals surface area contributed by atoms with Crippen LogP contribution in [0, 0.1) is 0 Å². The molecule has 24 heavy (non-hydrogen) atoms. The summed E-state index contributed by atoms with van der Waals surface area (Å²) in [5.41, 5.74) is 0.625. The van der Waals surface area contributed by atoms with Crippen LogP contribution in [0.25, 0.3) is 0 Å². The lowest BCUT2D eigenvalue weighted by atomic mass is 10.1. The minimum Gasteiger partial charge on any atom is -0.458 e. The number of hydroxylamine groups is 1. The zero-order chi connectivity index (χ0) is 19.0. The number of amidine groups is 1. The van der Waals surface area contributed by atoms with E-state index in [2.05, 4.69) is 10.3 Å². The first-order chi connectivity index (χ1) is 10.8. The maximum atomic E-state index is 12.3. The van der Waals surface area contributed by atoms with Gasteiger partial charge in [0, 0.05) is 6.54 Å². The number of nitrogens with one attached hydrogen (secondary N) is 2. The zero-order valence-corrected chi connectivity index (χ0v) is 15.7. The molecule has 140 valence electrons. The first-order valence-electron chi connectivity index (χ1n) is 7.97. The van der Waals surface area contributed by atoms with Crippen molar-refractivity contribution in [3.05, 3.63) is 0 Å². The van der Waals surface area contributed by atoms with Crippen molar-refractivity contribution in [3.8, 4) is 0 Å². The van der Waals surface area contributed by atoms with Crippen molar-refractivity contribution in [1.82, 2.24) is 10.8 Å². The molecule has 0 bridgehead atoms. The Balaban J connectivity index is 4.77. The largest absolute Gasteiger partial charge is 0.458 e. The molecule has 0 aliphatic heterocycles. The fraction of sp³-hybridized carbons (Fsp3) is 0.812. The second kappa shape index (κ2) is 9.46. The summed E-state index contributed by atoms with van der Waals surface area (Å²) in [5, 5.41) is 11.2. The standard InChI is InChI=1S/C16H31N3O5/c1-11(19-22)17-10-8-9-12(13(20)23-15(2,3)4)18-14(21)24-16(5,6)7/h12,22H,8-10H2,1-7H3,(H,17,19)(H,18,21)/t12-/m0/s1. The summed E-state index contributed by atoms with van der Waals surface area (Å²) >= 11 is 0. The Labute approximate surface area is 144 Å². The summed E-state index contributed by atoms with van der Waals surface area (Å²) in [6.45, 7) is 12.5.